The topological polar surface area (TPSA) is 17.1 Å². The van der Waals surface area contributed by atoms with Gasteiger partial charge in [-0.1, -0.05) is 11.5 Å². The molecule has 0 atom stereocenters. The summed E-state index contributed by atoms with van der Waals surface area (Å²) in [5.41, 5.74) is 0.392. The number of carbonyl (C=O) groups is 1. The molecule has 0 N–H and O–H groups in total. The van der Waals surface area contributed by atoms with E-state index in [1.165, 1.54) is 18.2 Å². The molecule has 0 spiro atoms. The van der Waals surface area contributed by atoms with Crippen molar-refractivity contribution in [1.29, 1.82) is 0 Å². The van der Waals surface area contributed by atoms with Crippen molar-refractivity contribution < 1.29 is 9.18 Å². The summed E-state index contributed by atoms with van der Waals surface area (Å²) in [6.07, 6.45) is 0.621. The largest absolute Gasteiger partial charge is 0.298 e. The highest BCUT2D eigenvalue weighted by Gasteiger charge is 1.95. The molecule has 0 aliphatic heterocycles. The van der Waals surface area contributed by atoms with Crippen molar-refractivity contribution in [3.63, 3.8) is 0 Å². The first-order chi connectivity index (χ1) is 4.74. The van der Waals surface area contributed by atoms with Crippen molar-refractivity contribution in [3.8, 4) is 0 Å². The molecule has 1 aromatic carbocycles. The first-order valence-corrected chi connectivity index (χ1v) is 2.74. The van der Waals surface area contributed by atoms with E-state index in [-0.39, 0.29) is 5.46 Å². The maximum absolute atomic E-state index is 12.4. The van der Waals surface area contributed by atoms with E-state index in [9.17, 15) is 9.18 Å². The van der Waals surface area contributed by atoms with Crippen LogP contribution >= 0.6 is 0 Å². The molecule has 48 valence electrons. The van der Waals surface area contributed by atoms with Crippen LogP contribution in [0.15, 0.2) is 18.2 Å². The highest BCUT2D eigenvalue weighted by molar-refractivity contribution is 6.32. The Bertz CT molecular complexity index is 260. The minimum atomic E-state index is -0.495. The van der Waals surface area contributed by atoms with Gasteiger partial charge in [-0.2, -0.15) is 0 Å². The van der Waals surface area contributed by atoms with Gasteiger partial charge in [0, 0.05) is 5.56 Å². The predicted molar refractivity (Wildman–Crippen MR) is 37.2 cm³/mol. The van der Waals surface area contributed by atoms with Crippen LogP contribution in [0.2, 0.25) is 0 Å². The van der Waals surface area contributed by atoms with Gasteiger partial charge < -0.3 is 0 Å². The Morgan fingerprint density at radius 2 is 2.20 bits per heavy atom. The van der Waals surface area contributed by atoms with Gasteiger partial charge in [0.05, 0.1) is 0 Å². The van der Waals surface area contributed by atoms with Crippen LogP contribution in [-0.4, -0.2) is 14.1 Å². The summed E-state index contributed by atoms with van der Waals surface area (Å²) in [7, 11) is 5.16. The second-order valence-electron chi connectivity index (χ2n) is 1.90. The molecule has 10 heavy (non-hydrogen) atoms. The minimum absolute atomic E-state index is 0.00426. The third-order valence-corrected chi connectivity index (χ3v) is 1.16. The van der Waals surface area contributed by atoms with E-state index in [2.05, 4.69) is 0 Å². The van der Waals surface area contributed by atoms with Crippen molar-refractivity contribution in [2.24, 2.45) is 0 Å². The van der Waals surface area contributed by atoms with Crippen molar-refractivity contribution in [1.82, 2.24) is 0 Å². The zero-order valence-corrected chi connectivity index (χ0v) is 5.17. The van der Waals surface area contributed by atoms with Crippen LogP contribution in [0, 0.1) is 5.82 Å². The standard InChI is InChI=1S/C7H4BFO/c8-6-3-5(4-10)1-2-7(6)9/h1-4H. The Morgan fingerprint density at radius 1 is 1.50 bits per heavy atom. The quantitative estimate of drug-likeness (QED) is 0.402. The van der Waals surface area contributed by atoms with E-state index < -0.39 is 5.82 Å². The zero-order valence-electron chi connectivity index (χ0n) is 5.17. The molecule has 2 radical (unpaired) electrons. The van der Waals surface area contributed by atoms with E-state index >= 15 is 0 Å². The monoisotopic (exact) mass is 134 g/mol. The molecular weight excluding hydrogens is 130 g/mol. The molecule has 3 heteroatoms. The van der Waals surface area contributed by atoms with Gasteiger partial charge in [0.2, 0.25) is 0 Å². The molecule has 0 amide bonds. The lowest BCUT2D eigenvalue weighted by molar-refractivity contribution is 0.112. The van der Waals surface area contributed by atoms with Gasteiger partial charge >= 0.3 is 0 Å². The van der Waals surface area contributed by atoms with E-state index in [0.717, 1.165) is 0 Å². The summed E-state index contributed by atoms with van der Waals surface area (Å²) in [4.78, 5) is 10.1. The fourth-order valence-corrected chi connectivity index (χ4v) is 0.636. The molecule has 0 bridgehead atoms. The number of halogens is 1. The highest BCUT2D eigenvalue weighted by Crippen LogP contribution is 1.95. The molecule has 0 saturated carbocycles. The van der Waals surface area contributed by atoms with Crippen LogP contribution in [0.25, 0.3) is 0 Å². The van der Waals surface area contributed by atoms with E-state index in [0.29, 0.717) is 11.8 Å². The van der Waals surface area contributed by atoms with E-state index in [1.54, 1.807) is 0 Å². The van der Waals surface area contributed by atoms with E-state index in [1.807, 2.05) is 0 Å². The molecule has 0 saturated heterocycles. The number of aldehydes is 1. The fraction of sp³-hybridized carbons (Fsp3) is 0. The highest BCUT2D eigenvalue weighted by atomic mass is 19.1. The van der Waals surface area contributed by atoms with Crippen LogP contribution in [0.4, 0.5) is 4.39 Å². The summed E-state index contributed by atoms with van der Waals surface area (Å²) in [5, 5.41) is 0. The fourth-order valence-electron chi connectivity index (χ4n) is 0.636. The number of rotatable bonds is 1. The van der Waals surface area contributed by atoms with Gasteiger partial charge in [0.25, 0.3) is 0 Å². The van der Waals surface area contributed by atoms with Crippen molar-refractivity contribution in [3.05, 3.63) is 29.6 Å². The Hall–Kier alpha value is -1.12. The SMILES string of the molecule is [B]c1cc(C=O)ccc1F. The molecular formula is C7H4BFO. The third kappa shape index (κ3) is 1.24. The number of hydrogen-bond donors (Lipinski definition) is 0. The normalized spacial score (nSPS) is 9.30. The maximum Gasteiger partial charge on any atom is 0.150 e. The van der Waals surface area contributed by atoms with Crippen LogP contribution < -0.4 is 5.46 Å². The van der Waals surface area contributed by atoms with Gasteiger partial charge in [0.1, 0.15) is 19.9 Å². The maximum atomic E-state index is 12.4. The summed E-state index contributed by atoms with van der Waals surface area (Å²) in [6, 6.07) is 3.83. The molecule has 0 aliphatic rings. The lowest BCUT2D eigenvalue weighted by Gasteiger charge is -1.94. The lowest BCUT2D eigenvalue weighted by Crippen LogP contribution is -2.08. The van der Waals surface area contributed by atoms with Gasteiger partial charge in [-0.05, 0) is 12.1 Å². The average molecular weight is 134 g/mol. The number of benzene rings is 1. The second-order valence-corrected chi connectivity index (χ2v) is 1.90. The Labute approximate surface area is 59.3 Å². The first kappa shape index (κ1) is 7.00. The molecule has 1 aromatic rings. The Morgan fingerprint density at radius 3 is 2.70 bits per heavy atom. The second kappa shape index (κ2) is 2.65. The molecule has 0 aliphatic carbocycles. The number of hydrogen-bond acceptors (Lipinski definition) is 1. The number of carbonyl (C=O) groups excluding carboxylic acids is 1. The van der Waals surface area contributed by atoms with E-state index in [4.69, 9.17) is 7.85 Å². The van der Waals surface area contributed by atoms with Gasteiger partial charge in [-0.15, -0.1) is 0 Å². The van der Waals surface area contributed by atoms with Gasteiger partial charge in [0.15, 0.2) is 0 Å². The summed E-state index contributed by atoms with van der Waals surface area (Å²) >= 11 is 0. The first-order valence-electron chi connectivity index (χ1n) is 2.74. The molecule has 0 aromatic heterocycles. The van der Waals surface area contributed by atoms with Gasteiger partial charge in [-0.25, -0.2) is 4.39 Å². The zero-order chi connectivity index (χ0) is 7.56. The Balaban J connectivity index is 3.16. The summed E-state index contributed by atoms with van der Waals surface area (Å²) < 4.78 is 12.4. The smallest absolute Gasteiger partial charge is 0.150 e. The molecule has 1 nitrogen and oxygen atoms in total. The van der Waals surface area contributed by atoms with Crippen LogP contribution in [0.3, 0.4) is 0 Å². The van der Waals surface area contributed by atoms with Crippen molar-refractivity contribution in [2.45, 2.75) is 0 Å². The average Bonchev–Trinajstić information content (AvgIpc) is 1.95. The molecule has 1 rings (SSSR count). The van der Waals surface area contributed by atoms with Crippen molar-refractivity contribution >= 4 is 19.6 Å². The summed E-state index contributed by atoms with van der Waals surface area (Å²) in [5.74, 6) is -0.495. The molecule has 0 heterocycles. The van der Waals surface area contributed by atoms with Crippen LogP contribution in [0.5, 0.6) is 0 Å². The summed E-state index contributed by atoms with van der Waals surface area (Å²) in [6.45, 7) is 0. The van der Waals surface area contributed by atoms with Crippen LogP contribution in [0.1, 0.15) is 10.4 Å². The minimum Gasteiger partial charge on any atom is -0.298 e. The molecule has 0 unspecified atom stereocenters. The Kier molecular flexibility index (Phi) is 1.85. The van der Waals surface area contributed by atoms with Crippen molar-refractivity contribution in [2.75, 3.05) is 0 Å². The third-order valence-electron chi connectivity index (χ3n) is 1.16. The molecule has 0 fully saturated rings. The van der Waals surface area contributed by atoms with Crippen LogP contribution in [-0.2, 0) is 0 Å². The van der Waals surface area contributed by atoms with Gasteiger partial charge in [-0.3, -0.25) is 4.79 Å². The predicted octanol–water partition coefficient (Wildman–Crippen LogP) is 0.432. The lowest BCUT2D eigenvalue weighted by atomic mass is 9.94.